The van der Waals surface area contributed by atoms with Crippen LogP contribution in [0.2, 0.25) is 0 Å². The van der Waals surface area contributed by atoms with Crippen LogP contribution in [0.5, 0.6) is 23.0 Å². The first-order valence-electron chi connectivity index (χ1n) is 13.2. The smallest absolute Gasteiger partial charge is 0.246 e. The number of rotatable bonds is 10. The lowest BCUT2D eigenvalue weighted by Crippen LogP contribution is -2.34. The number of likely N-dealkylation sites (tertiary alicyclic amines) is 1. The second kappa shape index (κ2) is 12.8. The maximum Gasteiger partial charge on any atom is 0.246 e. The van der Waals surface area contributed by atoms with Crippen LogP contribution in [0.15, 0.2) is 78.9 Å². The van der Waals surface area contributed by atoms with Crippen LogP contribution in [0, 0.1) is 5.82 Å². The monoisotopic (exact) mass is 546 g/mol. The Morgan fingerprint density at radius 3 is 2.51 bits per heavy atom. The first kappa shape index (κ1) is 26.7. The Labute approximate surface area is 231 Å². The summed E-state index contributed by atoms with van der Waals surface area (Å²) < 4.78 is 26.5. The maximum atomic E-state index is 13.5. The second-order valence-electron chi connectivity index (χ2n) is 9.36. The Bertz CT molecular complexity index is 1430. The predicted octanol–water partition coefficient (Wildman–Crippen LogP) is 6.74. The summed E-state index contributed by atoms with van der Waals surface area (Å²) >= 11 is 1.48. The van der Waals surface area contributed by atoms with Gasteiger partial charge in [0.2, 0.25) is 5.91 Å². The number of carbonyl (C=O) groups is 1. The second-order valence-corrected chi connectivity index (χ2v) is 10.4. The summed E-state index contributed by atoms with van der Waals surface area (Å²) in [5.74, 6) is 1.99. The van der Waals surface area contributed by atoms with Gasteiger partial charge in [0.15, 0.2) is 5.75 Å². The number of benzene rings is 3. The third-order valence-electron chi connectivity index (χ3n) is 6.52. The summed E-state index contributed by atoms with van der Waals surface area (Å²) in [5, 5.41) is 14.1. The van der Waals surface area contributed by atoms with E-state index in [1.807, 2.05) is 41.3 Å². The van der Waals surface area contributed by atoms with E-state index in [9.17, 15) is 14.3 Å². The molecule has 1 aliphatic heterocycles. The van der Waals surface area contributed by atoms with Gasteiger partial charge in [0.25, 0.3) is 0 Å². The zero-order valence-corrected chi connectivity index (χ0v) is 22.4. The number of fused-ring (bicyclic) bond motifs is 1. The van der Waals surface area contributed by atoms with Crippen molar-refractivity contribution in [2.24, 2.45) is 0 Å². The highest BCUT2D eigenvalue weighted by Crippen LogP contribution is 2.47. The fraction of sp³-hybridized carbons (Fsp3) is 0.258. The molecule has 1 fully saturated rings. The van der Waals surface area contributed by atoms with E-state index in [-0.39, 0.29) is 17.5 Å². The van der Waals surface area contributed by atoms with Crippen LogP contribution in [0.4, 0.5) is 4.39 Å². The number of halogens is 1. The summed E-state index contributed by atoms with van der Waals surface area (Å²) in [6, 6.07) is 18.8. The van der Waals surface area contributed by atoms with Crippen LogP contribution in [-0.2, 0) is 4.79 Å². The minimum absolute atomic E-state index is 0.0911. The van der Waals surface area contributed by atoms with Gasteiger partial charge in [0.1, 0.15) is 29.7 Å². The Kier molecular flexibility index (Phi) is 8.75. The summed E-state index contributed by atoms with van der Waals surface area (Å²) in [5.41, 5.74) is 0.838. The Balaban J connectivity index is 1.15. The van der Waals surface area contributed by atoms with E-state index in [1.54, 1.807) is 30.3 Å². The topological polar surface area (TPSA) is 71.0 Å². The maximum absolute atomic E-state index is 13.5. The molecule has 8 heteroatoms. The minimum Gasteiger partial charge on any atom is -0.508 e. The van der Waals surface area contributed by atoms with Gasteiger partial charge in [-0.05, 0) is 79.4 Å². The van der Waals surface area contributed by atoms with Gasteiger partial charge >= 0.3 is 0 Å². The molecule has 6 nitrogen and oxygen atoms in total. The molecule has 0 spiro atoms. The number of thiophene rings is 1. The Morgan fingerprint density at radius 1 is 1.00 bits per heavy atom. The van der Waals surface area contributed by atoms with Gasteiger partial charge in [-0.1, -0.05) is 18.2 Å². The molecule has 4 aromatic rings. The molecular weight excluding hydrogens is 515 g/mol. The zero-order chi connectivity index (χ0) is 27.0. The van der Waals surface area contributed by atoms with Gasteiger partial charge in [-0.15, -0.1) is 11.3 Å². The number of nitrogens with zero attached hydrogens (tertiary/aromatic N) is 1. The number of carbonyl (C=O) groups excluding carboxylic acids is 1. The molecule has 1 aliphatic rings. The largest absolute Gasteiger partial charge is 0.508 e. The van der Waals surface area contributed by atoms with Crippen molar-refractivity contribution in [2.45, 2.75) is 19.3 Å². The number of phenols is 1. The Morgan fingerprint density at radius 2 is 1.74 bits per heavy atom. The minimum atomic E-state index is -0.301. The van der Waals surface area contributed by atoms with E-state index in [1.165, 1.54) is 29.9 Å². The van der Waals surface area contributed by atoms with Gasteiger partial charge in [-0.2, -0.15) is 0 Å². The lowest BCUT2D eigenvalue weighted by Gasteiger charge is -2.25. The molecule has 0 atom stereocenters. The van der Waals surface area contributed by atoms with Crippen molar-refractivity contribution >= 4 is 27.3 Å². The average Bonchev–Trinajstić information content (AvgIpc) is 3.31. The molecule has 2 heterocycles. The van der Waals surface area contributed by atoms with Crippen LogP contribution in [0.3, 0.4) is 0 Å². The van der Waals surface area contributed by atoms with Crippen molar-refractivity contribution in [1.29, 1.82) is 0 Å². The third-order valence-corrected chi connectivity index (χ3v) is 7.70. The first-order valence-corrected chi connectivity index (χ1v) is 14.0. The number of piperidine rings is 1. The standard InChI is InChI=1S/C31H31FN2O4S/c32-23-8-6-22(7-9-23)31-30(27-15-10-24(35)21-28(27)39-31)38-26-13-11-25(12-14-26)37-20-17-33-16-4-5-29(36)34-18-2-1-3-19-34/h4-15,21,33,35H,1-3,16-20H2/b5-4+. The normalized spacial score (nSPS) is 13.7. The first-order chi connectivity index (χ1) is 19.1. The van der Waals surface area contributed by atoms with Crippen molar-refractivity contribution in [3.05, 3.63) is 84.7 Å². The number of hydrogen-bond acceptors (Lipinski definition) is 6. The molecule has 0 bridgehead atoms. The quantitative estimate of drug-likeness (QED) is 0.170. The molecule has 0 aliphatic carbocycles. The highest BCUT2D eigenvalue weighted by atomic mass is 32.1. The fourth-order valence-electron chi connectivity index (χ4n) is 4.48. The highest BCUT2D eigenvalue weighted by molar-refractivity contribution is 7.22. The van der Waals surface area contributed by atoms with Gasteiger partial charge in [0.05, 0.1) is 4.88 Å². The molecule has 0 radical (unpaired) electrons. The van der Waals surface area contributed by atoms with Crippen LogP contribution in [0.1, 0.15) is 19.3 Å². The summed E-state index contributed by atoms with van der Waals surface area (Å²) in [6.45, 7) is 3.46. The van der Waals surface area contributed by atoms with E-state index in [2.05, 4.69) is 5.32 Å². The van der Waals surface area contributed by atoms with Gasteiger partial charge < -0.3 is 24.8 Å². The zero-order valence-electron chi connectivity index (χ0n) is 21.6. The van der Waals surface area contributed by atoms with Crippen molar-refractivity contribution in [3.8, 4) is 33.4 Å². The molecule has 0 saturated carbocycles. The molecule has 0 unspecified atom stereocenters. The van der Waals surface area contributed by atoms with Crippen molar-refractivity contribution in [2.75, 3.05) is 32.8 Å². The number of phenolic OH excluding ortho intramolecular Hbond substituents is 1. The fourth-order valence-corrected chi connectivity index (χ4v) is 5.65. The van der Waals surface area contributed by atoms with Gasteiger partial charge in [-0.3, -0.25) is 4.79 Å². The third kappa shape index (κ3) is 6.96. The van der Waals surface area contributed by atoms with E-state index < -0.39 is 0 Å². The van der Waals surface area contributed by atoms with E-state index in [0.717, 1.165) is 52.2 Å². The molecule has 39 heavy (non-hydrogen) atoms. The number of ether oxygens (including phenoxy) is 2. The summed E-state index contributed by atoms with van der Waals surface area (Å²) in [4.78, 5) is 14.9. The SMILES string of the molecule is O=C(/C=C/CNCCOc1ccc(Oc2c(-c3ccc(F)cc3)sc3cc(O)ccc23)cc1)N1CCCCC1. The number of amides is 1. The highest BCUT2D eigenvalue weighted by Gasteiger charge is 2.17. The lowest BCUT2D eigenvalue weighted by molar-refractivity contribution is -0.126. The molecular formula is C31H31FN2O4S. The van der Waals surface area contributed by atoms with Crippen molar-refractivity contribution < 1.29 is 23.8 Å². The molecule has 3 aromatic carbocycles. The lowest BCUT2D eigenvalue weighted by atomic mass is 10.1. The summed E-state index contributed by atoms with van der Waals surface area (Å²) in [7, 11) is 0. The number of hydrogen-bond donors (Lipinski definition) is 2. The van der Waals surface area contributed by atoms with Crippen molar-refractivity contribution in [1.82, 2.24) is 10.2 Å². The van der Waals surface area contributed by atoms with Crippen LogP contribution < -0.4 is 14.8 Å². The molecule has 5 rings (SSSR count). The van der Waals surface area contributed by atoms with Crippen molar-refractivity contribution in [3.63, 3.8) is 0 Å². The Hall–Kier alpha value is -3.88. The predicted molar refractivity (Wildman–Crippen MR) is 153 cm³/mol. The average molecular weight is 547 g/mol. The molecule has 202 valence electrons. The van der Waals surface area contributed by atoms with Crippen LogP contribution in [0.25, 0.3) is 20.5 Å². The summed E-state index contributed by atoms with van der Waals surface area (Å²) in [6.07, 6.45) is 6.91. The van der Waals surface area contributed by atoms with E-state index in [0.29, 0.717) is 31.2 Å². The van der Waals surface area contributed by atoms with E-state index >= 15 is 0 Å². The molecule has 1 saturated heterocycles. The molecule has 1 amide bonds. The van der Waals surface area contributed by atoms with E-state index in [4.69, 9.17) is 9.47 Å². The van der Waals surface area contributed by atoms with Crippen LogP contribution in [-0.4, -0.2) is 48.7 Å². The van der Waals surface area contributed by atoms with Gasteiger partial charge in [-0.25, -0.2) is 4.39 Å². The van der Waals surface area contributed by atoms with Gasteiger partial charge in [0, 0.05) is 42.3 Å². The number of nitrogens with one attached hydrogen (secondary N) is 1. The van der Waals surface area contributed by atoms with Crippen LogP contribution >= 0.6 is 11.3 Å². The number of aromatic hydroxyl groups is 1. The molecule has 2 N–H and O–H groups in total. The molecule has 1 aromatic heterocycles.